The lowest BCUT2D eigenvalue weighted by molar-refractivity contribution is 0.0696. The normalized spacial score (nSPS) is 9.55. The SMILES string of the molecule is Nc1cc(C(=O)O)cc(I)n1. The van der Waals surface area contributed by atoms with Crippen molar-refractivity contribution < 1.29 is 9.90 Å². The summed E-state index contributed by atoms with van der Waals surface area (Å²) in [6, 6.07) is 2.78. The first kappa shape index (κ1) is 8.25. The first-order valence-electron chi connectivity index (χ1n) is 2.76. The van der Waals surface area contributed by atoms with Crippen LogP contribution in [0.2, 0.25) is 0 Å². The number of hydrogen-bond donors (Lipinski definition) is 2. The number of carbonyl (C=O) groups is 1. The number of halogens is 1. The topological polar surface area (TPSA) is 76.2 Å². The summed E-state index contributed by atoms with van der Waals surface area (Å²) in [4.78, 5) is 14.2. The third-order valence-electron chi connectivity index (χ3n) is 1.06. The smallest absolute Gasteiger partial charge is 0.335 e. The van der Waals surface area contributed by atoms with Gasteiger partial charge in [-0.1, -0.05) is 0 Å². The standard InChI is InChI=1S/C6H5IN2O2/c7-4-1-3(6(10)11)2-5(8)9-4/h1-2H,(H2,8,9)(H,10,11). The number of anilines is 1. The minimum Gasteiger partial charge on any atom is -0.478 e. The van der Waals surface area contributed by atoms with Crippen molar-refractivity contribution in [2.45, 2.75) is 0 Å². The highest BCUT2D eigenvalue weighted by Crippen LogP contribution is 2.09. The Morgan fingerprint density at radius 2 is 2.27 bits per heavy atom. The van der Waals surface area contributed by atoms with Crippen LogP contribution in [-0.2, 0) is 0 Å². The van der Waals surface area contributed by atoms with E-state index in [1.165, 1.54) is 12.1 Å². The molecular formula is C6H5IN2O2. The number of aromatic nitrogens is 1. The molecule has 1 aromatic heterocycles. The second-order valence-corrected chi connectivity index (χ2v) is 3.01. The monoisotopic (exact) mass is 264 g/mol. The molecule has 1 aromatic rings. The molecule has 58 valence electrons. The minimum absolute atomic E-state index is 0.168. The Balaban J connectivity index is 3.19. The Kier molecular flexibility index (Phi) is 2.28. The van der Waals surface area contributed by atoms with Gasteiger partial charge in [-0.2, -0.15) is 0 Å². The van der Waals surface area contributed by atoms with Crippen LogP contribution in [-0.4, -0.2) is 16.1 Å². The maximum atomic E-state index is 10.4. The van der Waals surface area contributed by atoms with E-state index in [1.807, 2.05) is 22.6 Å². The molecule has 0 bridgehead atoms. The molecule has 0 aliphatic rings. The summed E-state index contributed by atoms with van der Waals surface area (Å²) in [6.45, 7) is 0. The quantitative estimate of drug-likeness (QED) is 0.585. The second kappa shape index (κ2) is 3.04. The van der Waals surface area contributed by atoms with Gasteiger partial charge in [0, 0.05) is 0 Å². The van der Waals surface area contributed by atoms with E-state index in [1.54, 1.807) is 0 Å². The summed E-state index contributed by atoms with van der Waals surface area (Å²) >= 11 is 1.91. The molecule has 1 rings (SSSR count). The van der Waals surface area contributed by atoms with Crippen LogP contribution >= 0.6 is 22.6 Å². The Hall–Kier alpha value is -0.850. The zero-order valence-electron chi connectivity index (χ0n) is 5.41. The lowest BCUT2D eigenvalue weighted by atomic mass is 10.3. The zero-order chi connectivity index (χ0) is 8.43. The van der Waals surface area contributed by atoms with Gasteiger partial charge >= 0.3 is 5.97 Å². The number of aromatic carboxylic acids is 1. The molecule has 5 heteroatoms. The maximum absolute atomic E-state index is 10.4. The Morgan fingerprint density at radius 3 is 2.73 bits per heavy atom. The van der Waals surface area contributed by atoms with Gasteiger partial charge in [0.05, 0.1) is 5.56 Å². The Morgan fingerprint density at radius 1 is 1.64 bits per heavy atom. The molecule has 1 heterocycles. The average molecular weight is 264 g/mol. The van der Waals surface area contributed by atoms with Crippen molar-refractivity contribution in [3.05, 3.63) is 21.4 Å². The van der Waals surface area contributed by atoms with Crippen molar-refractivity contribution in [2.75, 3.05) is 5.73 Å². The van der Waals surface area contributed by atoms with E-state index in [9.17, 15) is 4.79 Å². The van der Waals surface area contributed by atoms with Gasteiger partial charge in [-0.05, 0) is 34.7 Å². The predicted octanol–water partition coefficient (Wildman–Crippen LogP) is 0.967. The molecule has 4 nitrogen and oxygen atoms in total. The van der Waals surface area contributed by atoms with E-state index in [0.717, 1.165) is 0 Å². The number of pyridine rings is 1. The van der Waals surface area contributed by atoms with Crippen LogP contribution in [0, 0.1) is 3.70 Å². The molecule has 0 unspecified atom stereocenters. The van der Waals surface area contributed by atoms with Gasteiger partial charge in [-0.25, -0.2) is 9.78 Å². The van der Waals surface area contributed by atoms with Gasteiger partial charge in [-0.3, -0.25) is 0 Å². The Labute approximate surface area is 76.6 Å². The van der Waals surface area contributed by atoms with Gasteiger partial charge in [0.15, 0.2) is 0 Å². The largest absolute Gasteiger partial charge is 0.478 e. The summed E-state index contributed by atoms with van der Waals surface area (Å²) < 4.78 is 0.583. The first-order chi connectivity index (χ1) is 5.09. The molecule has 0 saturated heterocycles. The van der Waals surface area contributed by atoms with Gasteiger partial charge in [0.1, 0.15) is 9.52 Å². The van der Waals surface area contributed by atoms with E-state index >= 15 is 0 Å². The molecule has 0 radical (unpaired) electrons. The van der Waals surface area contributed by atoms with Crippen LogP contribution < -0.4 is 5.73 Å². The van der Waals surface area contributed by atoms with Crippen molar-refractivity contribution >= 4 is 34.4 Å². The van der Waals surface area contributed by atoms with E-state index in [2.05, 4.69) is 4.98 Å². The molecule has 0 spiro atoms. The fourth-order valence-electron chi connectivity index (χ4n) is 0.641. The fraction of sp³-hybridized carbons (Fsp3) is 0. The highest BCUT2D eigenvalue weighted by atomic mass is 127. The van der Waals surface area contributed by atoms with Crippen LogP contribution in [0.25, 0.3) is 0 Å². The summed E-state index contributed by atoms with van der Waals surface area (Å²) in [5.74, 6) is -0.758. The van der Waals surface area contributed by atoms with Gasteiger partial charge in [0.2, 0.25) is 0 Å². The number of carboxylic acids is 1. The number of nitrogen functional groups attached to an aromatic ring is 1. The highest BCUT2D eigenvalue weighted by Gasteiger charge is 2.04. The van der Waals surface area contributed by atoms with Crippen LogP contribution in [0.5, 0.6) is 0 Å². The molecule has 11 heavy (non-hydrogen) atoms. The van der Waals surface area contributed by atoms with Gasteiger partial charge in [-0.15, -0.1) is 0 Å². The van der Waals surface area contributed by atoms with Crippen LogP contribution in [0.4, 0.5) is 5.82 Å². The number of nitrogens with zero attached hydrogens (tertiary/aromatic N) is 1. The molecule has 0 atom stereocenters. The summed E-state index contributed by atoms with van der Waals surface area (Å²) in [5, 5.41) is 8.55. The van der Waals surface area contributed by atoms with Crippen LogP contribution in [0.15, 0.2) is 12.1 Å². The lowest BCUT2D eigenvalue weighted by Gasteiger charge is -1.96. The average Bonchev–Trinajstić information content (AvgIpc) is 1.85. The zero-order valence-corrected chi connectivity index (χ0v) is 7.57. The number of rotatable bonds is 1. The fourth-order valence-corrected chi connectivity index (χ4v) is 1.25. The molecular weight excluding hydrogens is 259 g/mol. The first-order valence-corrected chi connectivity index (χ1v) is 3.84. The maximum Gasteiger partial charge on any atom is 0.335 e. The van der Waals surface area contributed by atoms with Crippen LogP contribution in [0.1, 0.15) is 10.4 Å². The molecule has 0 aliphatic heterocycles. The molecule has 0 amide bonds. The summed E-state index contributed by atoms with van der Waals surface area (Å²) in [5.41, 5.74) is 5.49. The van der Waals surface area contributed by atoms with Gasteiger partial charge in [0.25, 0.3) is 0 Å². The van der Waals surface area contributed by atoms with Crippen molar-refractivity contribution in [3.8, 4) is 0 Å². The third-order valence-corrected chi connectivity index (χ3v) is 1.61. The minimum atomic E-state index is -0.989. The number of nitrogens with two attached hydrogens (primary N) is 1. The molecule has 0 aliphatic carbocycles. The van der Waals surface area contributed by atoms with Gasteiger partial charge < -0.3 is 10.8 Å². The number of hydrogen-bond acceptors (Lipinski definition) is 3. The van der Waals surface area contributed by atoms with Crippen molar-refractivity contribution in [2.24, 2.45) is 0 Å². The van der Waals surface area contributed by atoms with E-state index < -0.39 is 5.97 Å². The van der Waals surface area contributed by atoms with E-state index in [4.69, 9.17) is 10.8 Å². The molecule has 0 aromatic carbocycles. The molecule has 3 N–H and O–H groups in total. The molecule has 0 fully saturated rings. The van der Waals surface area contributed by atoms with E-state index in [0.29, 0.717) is 3.70 Å². The summed E-state index contributed by atoms with van der Waals surface area (Å²) in [7, 11) is 0. The number of carboxylic acid groups (broad SMARTS) is 1. The second-order valence-electron chi connectivity index (χ2n) is 1.91. The van der Waals surface area contributed by atoms with Crippen LogP contribution in [0.3, 0.4) is 0 Å². The van der Waals surface area contributed by atoms with Crippen molar-refractivity contribution in [1.82, 2.24) is 4.98 Å². The van der Waals surface area contributed by atoms with Crippen molar-refractivity contribution in [1.29, 1.82) is 0 Å². The lowest BCUT2D eigenvalue weighted by Crippen LogP contribution is -2.01. The Bertz CT molecular complexity index is 280. The summed E-state index contributed by atoms with van der Waals surface area (Å²) in [6.07, 6.45) is 0. The third kappa shape index (κ3) is 2.04. The highest BCUT2D eigenvalue weighted by molar-refractivity contribution is 14.1. The molecule has 0 saturated carbocycles. The predicted molar refractivity (Wildman–Crippen MR) is 48.3 cm³/mol. The van der Waals surface area contributed by atoms with E-state index in [-0.39, 0.29) is 11.4 Å². The van der Waals surface area contributed by atoms with Crippen molar-refractivity contribution in [3.63, 3.8) is 0 Å².